The number of aromatic nitrogens is 1. The number of ether oxygens (including phenoxy) is 1. The third-order valence-electron chi connectivity index (χ3n) is 3.26. The second kappa shape index (κ2) is 7.31. The molecular formula is C16H18N4O4S. The molecular weight excluding hydrogens is 344 g/mol. The first-order chi connectivity index (χ1) is 11.7. The Labute approximate surface area is 145 Å². The predicted octanol–water partition coefficient (Wildman–Crippen LogP) is 1.25. The number of carbonyl (C=O) groups is 1. The topological polar surface area (TPSA) is 138 Å². The number of hydrogen-bond donors (Lipinski definition) is 2. The van der Waals surface area contributed by atoms with Gasteiger partial charge in [0.25, 0.3) is 5.91 Å². The van der Waals surface area contributed by atoms with Crippen LogP contribution in [0, 0.1) is 0 Å². The predicted molar refractivity (Wildman–Crippen MR) is 93.4 cm³/mol. The fourth-order valence-corrected chi connectivity index (χ4v) is 2.96. The standard InChI is InChI=1S/C16H18N4O4S/c1-3-10-8-12(24-14-6-4-5-7-19-14)13(25(2,22)23)9-11(10)15(21)20-16(17)18/h4-9H,3H2,1-2H3,(H4,17,18,20,21). The second-order valence-corrected chi connectivity index (χ2v) is 7.18. The van der Waals surface area contributed by atoms with Gasteiger partial charge in [0.05, 0.1) is 0 Å². The Morgan fingerprint density at radius 3 is 2.52 bits per heavy atom. The molecule has 1 aromatic heterocycles. The van der Waals surface area contributed by atoms with Gasteiger partial charge in [-0.05, 0) is 30.2 Å². The first-order valence-corrected chi connectivity index (χ1v) is 9.21. The van der Waals surface area contributed by atoms with Crippen LogP contribution in [-0.2, 0) is 16.3 Å². The molecule has 2 rings (SSSR count). The van der Waals surface area contributed by atoms with Gasteiger partial charge in [-0.25, -0.2) is 13.4 Å². The Morgan fingerprint density at radius 1 is 1.28 bits per heavy atom. The van der Waals surface area contributed by atoms with Crippen LogP contribution >= 0.6 is 0 Å². The molecule has 25 heavy (non-hydrogen) atoms. The number of amides is 1. The number of pyridine rings is 1. The van der Waals surface area contributed by atoms with E-state index in [1.54, 1.807) is 18.2 Å². The van der Waals surface area contributed by atoms with Gasteiger partial charge in [0.2, 0.25) is 5.88 Å². The Hall–Kier alpha value is -2.94. The Balaban J connectivity index is 2.64. The molecule has 0 saturated heterocycles. The summed E-state index contributed by atoms with van der Waals surface area (Å²) in [5.41, 5.74) is 11.1. The van der Waals surface area contributed by atoms with Crippen LogP contribution in [0.4, 0.5) is 0 Å². The van der Waals surface area contributed by atoms with E-state index in [4.69, 9.17) is 16.2 Å². The molecule has 4 N–H and O–H groups in total. The summed E-state index contributed by atoms with van der Waals surface area (Å²) < 4.78 is 29.9. The van der Waals surface area contributed by atoms with Gasteiger partial charge in [-0.15, -0.1) is 0 Å². The molecule has 0 aliphatic heterocycles. The summed E-state index contributed by atoms with van der Waals surface area (Å²) in [4.78, 5) is 19.5. The van der Waals surface area contributed by atoms with Crippen molar-refractivity contribution in [2.45, 2.75) is 18.2 Å². The van der Waals surface area contributed by atoms with Crippen LogP contribution < -0.4 is 16.2 Å². The van der Waals surface area contributed by atoms with Gasteiger partial charge in [0, 0.05) is 24.1 Å². The number of aliphatic imine (C=N–C) groups is 1. The summed E-state index contributed by atoms with van der Waals surface area (Å²) in [6, 6.07) is 7.72. The highest BCUT2D eigenvalue weighted by atomic mass is 32.2. The minimum absolute atomic E-state index is 0.0827. The van der Waals surface area contributed by atoms with Gasteiger partial charge in [-0.2, -0.15) is 4.99 Å². The third kappa shape index (κ3) is 4.54. The zero-order valence-corrected chi connectivity index (χ0v) is 14.6. The van der Waals surface area contributed by atoms with Crippen LogP contribution in [0.15, 0.2) is 46.4 Å². The van der Waals surface area contributed by atoms with E-state index in [0.29, 0.717) is 12.0 Å². The van der Waals surface area contributed by atoms with Crippen LogP contribution in [0.2, 0.25) is 0 Å². The molecule has 0 fully saturated rings. The van der Waals surface area contributed by atoms with E-state index in [9.17, 15) is 13.2 Å². The van der Waals surface area contributed by atoms with Crippen molar-refractivity contribution in [1.29, 1.82) is 0 Å². The van der Waals surface area contributed by atoms with E-state index >= 15 is 0 Å². The normalized spacial score (nSPS) is 11.0. The zero-order chi connectivity index (χ0) is 18.6. The number of nitrogens with two attached hydrogens (primary N) is 2. The lowest BCUT2D eigenvalue weighted by Gasteiger charge is -2.13. The van der Waals surface area contributed by atoms with Gasteiger partial charge in [-0.1, -0.05) is 13.0 Å². The SMILES string of the molecule is CCc1cc(Oc2ccccn2)c(S(C)(=O)=O)cc1C(=O)N=C(N)N. The summed E-state index contributed by atoms with van der Waals surface area (Å²) in [6.45, 7) is 1.81. The maximum absolute atomic E-state index is 12.2. The summed E-state index contributed by atoms with van der Waals surface area (Å²) in [5, 5.41) is 0. The first-order valence-electron chi connectivity index (χ1n) is 7.32. The number of hydrogen-bond acceptors (Lipinski definition) is 5. The van der Waals surface area contributed by atoms with Crippen LogP contribution in [0.5, 0.6) is 11.6 Å². The van der Waals surface area contributed by atoms with Crippen molar-refractivity contribution in [3.05, 3.63) is 47.7 Å². The molecule has 0 aliphatic carbocycles. The monoisotopic (exact) mass is 362 g/mol. The van der Waals surface area contributed by atoms with E-state index in [0.717, 1.165) is 6.26 Å². The summed E-state index contributed by atoms with van der Waals surface area (Å²) in [6.07, 6.45) is 2.99. The fourth-order valence-electron chi connectivity index (χ4n) is 2.16. The van der Waals surface area contributed by atoms with E-state index in [2.05, 4.69) is 9.98 Å². The minimum atomic E-state index is -3.68. The number of aryl methyl sites for hydroxylation is 1. The second-order valence-electron chi connectivity index (χ2n) is 5.19. The molecule has 9 heteroatoms. The van der Waals surface area contributed by atoms with Crippen molar-refractivity contribution in [2.24, 2.45) is 16.5 Å². The minimum Gasteiger partial charge on any atom is -0.438 e. The van der Waals surface area contributed by atoms with Crippen LogP contribution in [0.1, 0.15) is 22.8 Å². The molecule has 0 unspecified atom stereocenters. The highest BCUT2D eigenvalue weighted by Gasteiger charge is 2.22. The van der Waals surface area contributed by atoms with Gasteiger partial charge < -0.3 is 16.2 Å². The Kier molecular flexibility index (Phi) is 5.38. The summed E-state index contributed by atoms with van der Waals surface area (Å²) in [7, 11) is -3.68. The van der Waals surface area contributed by atoms with Crippen molar-refractivity contribution in [1.82, 2.24) is 4.98 Å². The highest BCUT2D eigenvalue weighted by molar-refractivity contribution is 7.90. The molecule has 1 heterocycles. The molecule has 132 valence electrons. The van der Waals surface area contributed by atoms with Crippen LogP contribution in [0.3, 0.4) is 0 Å². The summed E-state index contributed by atoms with van der Waals surface area (Å²) >= 11 is 0. The molecule has 0 bridgehead atoms. The molecule has 1 aromatic carbocycles. The van der Waals surface area contributed by atoms with Crippen molar-refractivity contribution in [3.63, 3.8) is 0 Å². The lowest BCUT2D eigenvalue weighted by Crippen LogP contribution is -2.24. The van der Waals surface area contributed by atoms with Gasteiger partial charge in [0.1, 0.15) is 10.6 Å². The molecule has 0 spiro atoms. The molecule has 1 amide bonds. The van der Waals surface area contributed by atoms with E-state index in [-0.39, 0.29) is 22.1 Å². The van der Waals surface area contributed by atoms with E-state index in [1.165, 1.54) is 18.3 Å². The van der Waals surface area contributed by atoms with E-state index < -0.39 is 21.7 Å². The molecule has 0 atom stereocenters. The Bertz CT molecular complexity index is 921. The largest absolute Gasteiger partial charge is 0.438 e. The van der Waals surface area contributed by atoms with Gasteiger partial charge >= 0.3 is 0 Å². The molecule has 0 aliphatic rings. The quantitative estimate of drug-likeness (QED) is 0.603. The van der Waals surface area contributed by atoms with Crippen molar-refractivity contribution >= 4 is 21.7 Å². The van der Waals surface area contributed by atoms with Crippen molar-refractivity contribution in [2.75, 3.05) is 6.26 Å². The maximum Gasteiger partial charge on any atom is 0.280 e. The first kappa shape index (κ1) is 18.4. The highest BCUT2D eigenvalue weighted by Crippen LogP contribution is 2.32. The summed E-state index contributed by atoms with van der Waals surface area (Å²) in [5.74, 6) is -0.801. The lowest BCUT2D eigenvalue weighted by atomic mass is 10.0. The fraction of sp³-hybridized carbons (Fsp3) is 0.188. The number of carbonyl (C=O) groups excluding carboxylic acids is 1. The molecule has 0 saturated carbocycles. The average molecular weight is 362 g/mol. The Morgan fingerprint density at radius 2 is 2.00 bits per heavy atom. The number of benzene rings is 1. The zero-order valence-electron chi connectivity index (χ0n) is 13.8. The molecule has 8 nitrogen and oxygen atoms in total. The maximum atomic E-state index is 12.2. The lowest BCUT2D eigenvalue weighted by molar-refractivity contribution is 0.100. The smallest absolute Gasteiger partial charge is 0.280 e. The van der Waals surface area contributed by atoms with Gasteiger partial charge in [0.15, 0.2) is 15.8 Å². The van der Waals surface area contributed by atoms with E-state index in [1.807, 2.05) is 6.92 Å². The average Bonchev–Trinajstić information content (AvgIpc) is 2.53. The van der Waals surface area contributed by atoms with Crippen molar-refractivity contribution < 1.29 is 17.9 Å². The third-order valence-corrected chi connectivity index (χ3v) is 4.38. The van der Waals surface area contributed by atoms with Crippen LogP contribution in [-0.4, -0.2) is 31.5 Å². The van der Waals surface area contributed by atoms with Crippen molar-refractivity contribution in [3.8, 4) is 11.6 Å². The molecule has 0 radical (unpaired) electrons. The molecule has 2 aromatic rings. The number of sulfone groups is 1. The number of nitrogens with zero attached hydrogens (tertiary/aromatic N) is 2. The van der Waals surface area contributed by atoms with Crippen LogP contribution in [0.25, 0.3) is 0 Å². The number of guanidine groups is 1. The van der Waals surface area contributed by atoms with Gasteiger partial charge in [-0.3, -0.25) is 4.79 Å². The number of rotatable bonds is 5.